The van der Waals surface area contributed by atoms with Crippen LogP contribution in [0.4, 0.5) is 4.79 Å². The van der Waals surface area contributed by atoms with Gasteiger partial charge in [-0.3, -0.25) is 0 Å². The van der Waals surface area contributed by atoms with Crippen molar-refractivity contribution in [3.05, 3.63) is 95.6 Å². The summed E-state index contributed by atoms with van der Waals surface area (Å²) < 4.78 is 12.5. The van der Waals surface area contributed by atoms with Crippen molar-refractivity contribution in [2.75, 3.05) is 13.0 Å². The lowest BCUT2D eigenvalue weighted by atomic mass is 10.1. The van der Waals surface area contributed by atoms with E-state index >= 15 is 0 Å². The first kappa shape index (κ1) is 22.1. The summed E-state index contributed by atoms with van der Waals surface area (Å²) in [7, 11) is 1.62. The minimum atomic E-state index is -0.439. The Bertz CT molecular complexity index is 933. The van der Waals surface area contributed by atoms with Gasteiger partial charge in [-0.1, -0.05) is 60.2 Å². The van der Waals surface area contributed by atoms with Gasteiger partial charge < -0.3 is 9.47 Å². The lowest BCUT2D eigenvalue weighted by molar-refractivity contribution is 0.115. The van der Waals surface area contributed by atoms with Gasteiger partial charge >= 0.3 is 6.09 Å². The average molecular weight is 442 g/mol. The first-order valence-corrected chi connectivity index (χ1v) is 10.9. The van der Waals surface area contributed by atoms with Crippen LogP contribution in [0.15, 0.2) is 83.8 Å². The molecule has 0 unspecified atom stereocenters. The number of aryl methyl sites for hydroxylation is 1. The number of carbonyl (C=O) groups is 1. The molecule has 1 amide bonds. The van der Waals surface area contributed by atoms with Crippen LogP contribution in [0.5, 0.6) is 5.75 Å². The molecule has 30 heavy (non-hydrogen) atoms. The Morgan fingerprint density at radius 3 is 2.27 bits per heavy atom. The number of nitrogens with zero attached hydrogens (tertiary/aromatic N) is 1. The van der Waals surface area contributed by atoms with Crippen molar-refractivity contribution < 1.29 is 14.3 Å². The van der Waals surface area contributed by atoms with Crippen LogP contribution in [0.2, 0.25) is 0 Å². The molecule has 0 saturated heterocycles. The number of ether oxygens (including phenoxy) is 2. The summed E-state index contributed by atoms with van der Waals surface area (Å²) >= 11 is 7.65. The predicted octanol–water partition coefficient (Wildman–Crippen LogP) is 6.63. The maximum Gasteiger partial charge on any atom is 0.421 e. The van der Waals surface area contributed by atoms with E-state index in [-0.39, 0.29) is 18.5 Å². The van der Waals surface area contributed by atoms with Crippen LogP contribution in [0.1, 0.15) is 22.7 Å². The third-order valence-electron chi connectivity index (χ3n) is 4.54. The molecule has 3 aromatic rings. The molecule has 4 nitrogen and oxygen atoms in total. The predicted molar refractivity (Wildman–Crippen MR) is 122 cm³/mol. The first-order valence-electron chi connectivity index (χ1n) is 9.55. The van der Waals surface area contributed by atoms with Gasteiger partial charge in [-0.15, -0.1) is 11.6 Å². The molecule has 0 aromatic heterocycles. The lowest BCUT2D eigenvalue weighted by Crippen LogP contribution is -2.30. The van der Waals surface area contributed by atoms with Gasteiger partial charge in [0.1, 0.15) is 12.4 Å². The molecule has 0 radical (unpaired) electrons. The van der Waals surface area contributed by atoms with E-state index in [1.165, 1.54) is 11.9 Å². The molecule has 0 saturated carbocycles. The molecule has 3 rings (SSSR count). The van der Waals surface area contributed by atoms with Crippen LogP contribution in [-0.4, -0.2) is 23.4 Å². The van der Waals surface area contributed by atoms with E-state index in [0.29, 0.717) is 0 Å². The first-order chi connectivity index (χ1) is 14.6. The Balaban J connectivity index is 1.83. The van der Waals surface area contributed by atoms with E-state index in [0.717, 1.165) is 27.3 Å². The number of hydrogen-bond acceptors (Lipinski definition) is 4. The fourth-order valence-corrected chi connectivity index (χ4v) is 4.17. The Hall–Kier alpha value is -2.63. The molecule has 0 spiro atoms. The Kier molecular flexibility index (Phi) is 8.05. The van der Waals surface area contributed by atoms with Crippen molar-refractivity contribution in [1.29, 1.82) is 0 Å². The van der Waals surface area contributed by atoms with E-state index in [4.69, 9.17) is 21.1 Å². The summed E-state index contributed by atoms with van der Waals surface area (Å²) in [5.74, 6) is 0.975. The molecule has 0 fully saturated rings. The Labute approximate surface area is 186 Å². The molecule has 0 aliphatic heterocycles. The molecule has 0 aliphatic carbocycles. The fraction of sp³-hybridized carbons (Fsp3) is 0.208. The molecule has 6 heteroatoms. The zero-order valence-electron chi connectivity index (χ0n) is 17.0. The molecule has 0 aliphatic rings. The van der Waals surface area contributed by atoms with Crippen LogP contribution in [0.25, 0.3) is 0 Å². The Morgan fingerprint density at radius 1 is 1.00 bits per heavy atom. The van der Waals surface area contributed by atoms with Crippen molar-refractivity contribution in [3.63, 3.8) is 0 Å². The van der Waals surface area contributed by atoms with Gasteiger partial charge in [0.15, 0.2) is 0 Å². The van der Waals surface area contributed by atoms with Gasteiger partial charge in [0.25, 0.3) is 0 Å². The van der Waals surface area contributed by atoms with Crippen molar-refractivity contribution in [2.45, 2.75) is 24.5 Å². The second-order valence-corrected chi connectivity index (χ2v) is 8.07. The van der Waals surface area contributed by atoms with E-state index in [9.17, 15) is 4.79 Å². The van der Waals surface area contributed by atoms with Gasteiger partial charge in [-0.2, -0.15) is 0 Å². The van der Waals surface area contributed by atoms with Crippen LogP contribution >= 0.6 is 23.5 Å². The zero-order valence-corrected chi connectivity index (χ0v) is 18.5. The van der Waals surface area contributed by atoms with Crippen LogP contribution < -0.4 is 4.74 Å². The van der Waals surface area contributed by atoms with E-state index < -0.39 is 6.09 Å². The van der Waals surface area contributed by atoms with Crippen LogP contribution in [0.3, 0.4) is 0 Å². The molecule has 0 N–H and O–H groups in total. The minimum Gasteiger partial charge on any atom is -0.497 e. The third kappa shape index (κ3) is 5.94. The maximum atomic E-state index is 13.1. The molecule has 3 aromatic carbocycles. The SMILES string of the molecule is COc1ccc([C@@H](CCl)N(Sc2ccc(C)cc2)C(=O)OCc2ccccc2)cc1. The summed E-state index contributed by atoms with van der Waals surface area (Å²) in [5.41, 5.74) is 2.99. The number of rotatable bonds is 8. The lowest BCUT2D eigenvalue weighted by Gasteiger charge is -2.29. The summed E-state index contributed by atoms with van der Waals surface area (Å²) in [6.07, 6.45) is -0.439. The summed E-state index contributed by atoms with van der Waals surface area (Å²) in [6.45, 7) is 2.22. The number of methoxy groups -OCH3 is 1. The van der Waals surface area contributed by atoms with Gasteiger partial charge in [-0.05, 0) is 54.3 Å². The maximum absolute atomic E-state index is 13.1. The standard InChI is InChI=1S/C24H24ClNO3S/c1-18-8-14-22(15-9-18)30-26(24(27)29-17-19-6-4-3-5-7-19)23(16-25)20-10-12-21(28-2)13-11-20/h3-15,23H,16-17H2,1-2H3/t23-/m1/s1. The highest BCUT2D eigenvalue weighted by Crippen LogP contribution is 2.35. The van der Waals surface area contributed by atoms with Crippen molar-refractivity contribution in [2.24, 2.45) is 0 Å². The van der Waals surface area contributed by atoms with Gasteiger partial charge in [0.05, 0.1) is 13.2 Å². The number of carbonyl (C=O) groups excluding carboxylic acids is 1. The highest BCUT2D eigenvalue weighted by Gasteiger charge is 2.27. The molecule has 1 atom stereocenters. The van der Waals surface area contributed by atoms with Crippen LogP contribution in [0, 0.1) is 6.92 Å². The second-order valence-electron chi connectivity index (χ2n) is 6.71. The average Bonchev–Trinajstić information content (AvgIpc) is 2.79. The van der Waals surface area contributed by atoms with E-state index in [2.05, 4.69) is 0 Å². The quantitative estimate of drug-likeness (QED) is 0.290. The van der Waals surface area contributed by atoms with Gasteiger partial charge in [-0.25, -0.2) is 9.10 Å². The summed E-state index contributed by atoms with van der Waals surface area (Å²) in [5, 5.41) is 0. The largest absolute Gasteiger partial charge is 0.497 e. The molecule has 0 heterocycles. The van der Waals surface area contributed by atoms with Crippen molar-refractivity contribution in [1.82, 2.24) is 4.31 Å². The topological polar surface area (TPSA) is 38.8 Å². The van der Waals surface area contributed by atoms with Crippen LogP contribution in [-0.2, 0) is 11.3 Å². The third-order valence-corrected chi connectivity index (χ3v) is 5.92. The second kappa shape index (κ2) is 11.0. The van der Waals surface area contributed by atoms with E-state index in [1.807, 2.05) is 85.8 Å². The smallest absolute Gasteiger partial charge is 0.421 e. The summed E-state index contributed by atoms with van der Waals surface area (Å²) in [4.78, 5) is 14.0. The Morgan fingerprint density at radius 2 is 1.67 bits per heavy atom. The fourth-order valence-electron chi connectivity index (χ4n) is 2.84. The molecular formula is C24H24ClNO3S. The monoisotopic (exact) mass is 441 g/mol. The highest BCUT2D eigenvalue weighted by molar-refractivity contribution is 7.97. The number of benzene rings is 3. The zero-order chi connectivity index (χ0) is 21.3. The molecule has 0 bridgehead atoms. The number of alkyl halides is 1. The molecular weight excluding hydrogens is 418 g/mol. The van der Waals surface area contributed by atoms with Crippen molar-refractivity contribution in [3.8, 4) is 5.75 Å². The van der Waals surface area contributed by atoms with Crippen molar-refractivity contribution >= 4 is 29.6 Å². The normalized spacial score (nSPS) is 11.6. The summed E-state index contributed by atoms with van der Waals surface area (Å²) in [6, 6.07) is 24.8. The minimum absolute atomic E-state index is 0.197. The number of hydrogen-bond donors (Lipinski definition) is 0. The highest BCUT2D eigenvalue weighted by atomic mass is 35.5. The van der Waals surface area contributed by atoms with Gasteiger partial charge in [0.2, 0.25) is 0 Å². The van der Waals surface area contributed by atoms with Gasteiger partial charge in [0, 0.05) is 10.8 Å². The number of amides is 1. The number of halogens is 1. The van der Waals surface area contributed by atoms with E-state index in [1.54, 1.807) is 11.4 Å². The molecule has 156 valence electrons.